The molecule has 0 saturated carbocycles. The second-order valence-electron chi connectivity index (χ2n) is 18.7. The fourth-order valence-electron chi connectivity index (χ4n) is 8.42. The minimum Gasteiger partial charge on any atom is -0.462 e. The van der Waals surface area contributed by atoms with Crippen LogP contribution in [0.15, 0.2) is 12.2 Å². The van der Waals surface area contributed by atoms with E-state index < -0.39 is 49.4 Å². The molecule has 0 radical (unpaired) electrons. The van der Waals surface area contributed by atoms with E-state index in [1.165, 1.54) is 180 Å². The van der Waals surface area contributed by atoms with Gasteiger partial charge in [-0.2, -0.15) is 0 Å². The average Bonchev–Trinajstić information content (AvgIpc) is 3.28. The van der Waals surface area contributed by atoms with E-state index in [1.807, 2.05) is 0 Å². The first kappa shape index (κ1) is 59.5. The third-order valence-corrected chi connectivity index (χ3v) is 12.7. The highest BCUT2D eigenvalue weighted by molar-refractivity contribution is 5.70. The maximum atomic E-state index is 12.8. The molecule has 10 nitrogen and oxygen atoms in total. The largest absolute Gasteiger partial charge is 0.462 e. The summed E-state index contributed by atoms with van der Waals surface area (Å²) in [5, 5.41) is 40.2. The zero-order valence-corrected chi connectivity index (χ0v) is 40.8. The van der Waals surface area contributed by atoms with Gasteiger partial charge in [0.25, 0.3) is 0 Å². The topological polar surface area (TPSA) is 152 Å². The zero-order chi connectivity index (χ0) is 45.9. The lowest BCUT2D eigenvalue weighted by Gasteiger charge is -2.39. The molecule has 0 aromatic rings. The molecule has 2 unspecified atom stereocenters. The van der Waals surface area contributed by atoms with Gasteiger partial charge in [0.15, 0.2) is 12.4 Å². The van der Waals surface area contributed by atoms with Crippen molar-refractivity contribution in [1.29, 1.82) is 0 Å². The number of rotatable bonds is 46. The Hall–Kier alpha value is -1.56. The molecule has 1 saturated heterocycles. The molecule has 4 N–H and O–H groups in total. The van der Waals surface area contributed by atoms with Crippen molar-refractivity contribution < 1.29 is 49.0 Å². The molecule has 0 aromatic heterocycles. The molecule has 0 aromatic carbocycles. The number of esters is 2. The van der Waals surface area contributed by atoms with E-state index in [0.717, 1.165) is 44.9 Å². The van der Waals surface area contributed by atoms with Crippen molar-refractivity contribution in [2.45, 2.75) is 295 Å². The Morgan fingerprint density at radius 1 is 0.476 bits per heavy atom. The Balaban J connectivity index is 2.21. The summed E-state index contributed by atoms with van der Waals surface area (Å²) in [7, 11) is 0. The van der Waals surface area contributed by atoms with Crippen molar-refractivity contribution in [3.05, 3.63) is 12.2 Å². The highest BCUT2D eigenvalue weighted by atomic mass is 16.7. The smallest absolute Gasteiger partial charge is 0.306 e. The van der Waals surface area contributed by atoms with E-state index in [1.54, 1.807) is 0 Å². The SMILES string of the molecule is CCCCCCCCCC/C=C/CCCCCC(=O)O[C@@H](COC(=O)CCCCCCCCCCCCCCCCCCCCCCCCC)CO[C@H]1O[C@@H](CO)[C@@H](O)C(O)C1O. The molecule has 0 spiro atoms. The van der Waals surface area contributed by atoms with Crippen molar-refractivity contribution in [3.63, 3.8) is 0 Å². The maximum Gasteiger partial charge on any atom is 0.306 e. The summed E-state index contributed by atoms with van der Waals surface area (Å²) in [6.07, 6.45) is 42.3. The van der Waals surface area contributed by atoms with Crippen LogP contribution in [-0.4, -0.2) is 89.0 Å². The summed E-state index contributed by atoms with van der Waals surface area (Å²) in [5.41, 5.74) is 0. The summed E-state index contributed by atoms with van der Waals surface area (Å²) in [5.74, 6) is -0.809. The highest BCUT2D eigenvalue weighted by Crippen LogP contribution is 2.23. The van der Waals surface area contributed by atoms with E-state index in [9.17, 15) is 30.0 Å². The number of carbonyl (C=O) groups excluding carboxylic acids is 2. The summed E-state index contributed by atoms with van der Waals surface area (Å²) >= 11 is 0. The molecule has 6 atom stereocenters. The number of hydrogen-bond donors (Lipinski definition) is 4. The molecule has 10 heteroatoms. The van der Waals surface area contributed by atoms with Crippen molar-refractivity contribution in [2.75, 3.05) is 19.8 Å². The first-order valence-corrected chi connectivity index (χ1v) is 26.8. The normalized spacial score (nSPS) is 19.5. The first-order valence-electron chi connectivity index (χ1n) is 26.8. The van der Waals surface area contributed by atoms with Gasteiger partial charge in [-0.1, -0.05) is 219 Å². The van der Waals surface area contributed by atoms with Crippen LogP contribution >= 0.6 is 0 Å². The number of hydrogen-bond acceptors (Lipinski definition) is 10. The van der Waals surface area contributed by atoms with Crippen LogP contribution in [-0.2, 0) is 28.5 Å². The Bertz CT molecular complexity index is 1040. The van der Waals surface area contributed by atoms with Crippen molar-refractivity contribution >= 4 is 11.9 Å². The minimum atomic E-state index is -1.59. The molecular weight excluding hydrogens is 797 g/mol. The van der Waals surface area contributed by atoms with Crippen LogP contribution in [0.4, 0.5) is 0 Å². The zero-order valence-electron chi connectivity index (χ0n) is 40.8. The van der Waals surface area contributed by atoms with Gasteiger partial charge in [-0.05, 0) is 38.5 Å². The lowest BCUT2D eigenvalue weighted by molar-refractivity contribution is -0.305. The summed E-state index contributed by atoms with van der Waals surface area (Å²) < 4.78 is 22.2. The molecule has 1 fully saturated rings. The second kappa shape index (κ2) is 44.3. The average molecular weight is 897 g/mol. The fourth-order valence-corrected chi connectivity index (χ4v) is 8.42. The second-order valence-corrected chi connectivity index (χ2v) is 18.7. The number of carbonyl (C=O) groups is 2. The van der Waals surface area contributed by atoms with Gasteiger partial charge in [0.2, 0.25) is 0 Å². The highest BCUT2D eigenvalue weighted by Gasteiger charge is 2.44. The van der Waals surface area contributed by atoms with Gasteiger partial charge < -0.3 is 39.4 Å². The van der Waals surface area contributed by atoms with Gasteiger partial charge in [-0.3, -0.25) is 9.59 Å². The van der Waals surface area contributed by atoms with Crippen LogP contribution in [0.3, 0.4) is 0 Å². The van der Waals surface area contributed by atoms with Crippen LogP contribution in [0, 0.1) is 0 Å². The molecule has 1 aliphatic rings. The predicted octanol–water partition coefficient (Wildman–Crippen LogP) is 12.7. The van der Waals surface area contributed by atoms with Crippen LogP contribution in [0.1, 0.15) is 258 Å². The van der Waals surface area contributed by atoms with E-state index in [4.69, 9.17) is 18.9 Å². The van der Waals surface area contributed by atoms with Crippen LogP contribution in [0.2, 0.25) is 0 Å². The number of allylic oxidation sites excluding steroid dienone is 2. The van der Waals surface area contributed by atoms with Gasteiger partial charge >= 0.3 is 11.9 Å². The lowest BCUT2D eigenvalue weighted by Crippen LogP contribution is -2.59. The van der Waals surface area contributed by atoms with E-state index in [0.29, 0.717) is 6.42 Å². The predicted molar refractivity (Wildman–Crippen MR) is 256 cm³/mol. The number of aliphatic hydroxyl groups excluding tert-OH is 4. The van der Waals surface area contributed by atoms with Gasteiger partial charge in [0.05, 0.1) is 13.2 Å². The summed E-state index contributed by atoms with van der Waals surface area (Å²) in [6, 6.07) is 0. The van der Waals surface area contributed by atoms with Crippen molar-refractivity contribution in [1.82, 2.24) is 0 Å². The molecule has 0 amide bonds. The van der Waals surface area contributed by atoms with Gasteiger partial charge in [-0.25, -0.2) is 0 Å². The standard InChI is InChI=1S/C53H100O10/c1-3-5-7-9-11-13-15-17-19-20-21-22-23-24-25-26-28-29-31-33-35-37-39-41-48(55)60-44-46(45-61-53-52(59)51(58)50(57)47(43-54)63-53)62-49(56)42-40-38-36-34-32-30-27-18-16-14-12-10-8-6-4-2/h30,32,46-47,50-54,57-59H,3-29,31,33-45H2,1-2H3/b32-30+/t46-,47-,50+,51?,52?,53-/m0/s1. The molecule has 1 heterocycles. The first-order chi connectivity index (χ1) is 30.8. The monoisotopic (exact) mass is 897 g/mol. The molecule has 0 aliphatic carbocycles. The Morgan fingerprint density at radius 3 is 1.25 bits per heavy atom. The molecule has 1 aliphatic heterocycles. The van der Waals surface area contributed by atoms with Crippen LogP contribution < -0.4 is 0 Å². The van der Waals surface area contributed by atoms with Crippen LogP contribution in [0.25, 0.3) is 0 Å². The third kappa shape index (κ3) is 35.3. The number of ether oxygens (including phenoxy) is 4. The molecule has 1 rings (SSSR count). The van der Waals surface area contributed by atoms with Gasteiger partial charge in [0.1, 0.15) is 31.0 Å². The van der Waals surface area contributed by atoms with E-state index >= 15 is 0 Å². The fraction of sp³-hybridized carbons (Fsp3) is 0.925. The molecule has 0 bridgehead atoms. The quantitative estimate of drug-likeness (QED) is 0.0264. The molecule has 372 valence electrons. The summed E-state index contributed by atoms with van der Waals surface area (Å²) in [4.78, 5) is 25.4. The van der Waals surface area contributed by atoms with E-state index in [2.05, 4.69) is 26.0 Å². The molecular formula is C53H100O10. The molecule has 63 heavy (non-hydrogen) atoms. The maximum absolute atomic E-state index is 12.8. The lowest BCUT2D eigenvalue weighted by atomic mass is 9.99. The van der Waals surface area contributed by atoms with E-state index in [-0.39, 0.29) is 32.0 Å². The Labute approximate surface area is 386 Å². The van der Waals surface area contributed by atoms with Crippen LogP contribution in [0.5, 0.6) is 0 Å². The Morgan fingerprint density at radius 2 is 0.841 bits per heavy atom. The van der Waals surface area contributed by atoms with Gasteiger partial charge in [0, 0.05) is 12.8 Å². The van der Waals surface area contributed by atoms with Crippen molar-refractivity contribution in [3.8, 4) is 0 Å². The van der Waals surface area contributed by atoms with Crippen molar-refractivity contribution in [2.24, 2.45) is 0 Å². The third-order valence-electron chi connectivity index (χ3n) is 12.7. The summed E-state index contributed by atoms with van der Waals surface area (Å²) in [6.45, 7) is 3.45. The number of unbranched alkanes of at least 4 members (excludes halogenated alkanes) is 33. The van der Waals surface area contributed by atoms with Gasteiger partial charge in [-0.15, -0.1) is 0 Å². The number of aliphatic hydroxyl groups is 4. The minimum absolute atomic E-state index is 0.214. The Kier molecular flexibility index (Phi) is 41.8.